The fourth-order valence-corrected chi connectivity index (χ4v) is 5.53. The first-order valence-corrected chi connectivity index (χ1v) is 8.15. The molecule has 104 valence electrons. The van der Waals surface area contributed by atoms with Crippen molar-refractivity contribution in [1.29, 1.82) is 0 Å². The lowest BCUT2D eigenvalue weighted by molar-refractivity contribution is -0.0551. The third-order valence-electron chi connectivity index (χ3n) is 5.51. The minimum atomic E-state index is 0.486. The van der Waals surface area contributed by atoms with Crippen LogP contribution in [0.3, 0.4) is 0 Å². The highest BCUT2D eigenvalue weighted by atomic mass is 35.5. The van der Waals surface area contributed by atoms with E-state index in [9.17, 15) is 0 Å². The Morgan fingerprint density at radius 1 is 1.00 bits per heavy atom. The first-order valence-electron chi connectivity index (χ1n) is 7.62. The second-order valence-electron chi connectivity index (χ2n) is 7.12. The Morgan fingerprint density at radius 3 is 2.16 bits per heavy atom. The van der Waals surface area contributed by atoms with E-state index in [0.29, 0.717) is 23.6 Å². The van der Waals surface area contributed by atoms with Crippen molar-refractivity contribution in [3.05, 3.63) is 11.8 Å². The molecule has 4 fully saturated rings. The standard InChI is InChI=1S/C15H21ClN2O/c16-2-1-13-17-18-14(19-13)9-15-6-10-3-11(7-15)5-12(4-10)8-15/h10-12H,1-9H2. The van der Waals surface area contributed by atoms with Crippen LogP contribution in [-0.4, -0.2) is 16.1 Å². The van der Waals surface area contributed by atoms with Gasteiger partial charge >= 0.3 is 0 Å². The molecule has 4 aliphatic rings. The highest BCUT2D eigenvalue weighted by Crippen LogP contribution is 2.60. The normalized spacial score (nSPS) is 39.9. The SMILES string of the molecule is ClCCc1nnc(CC23CC4CC(CC(C4)C2)C3)o1. The quantitative estimate of drug-likeness (QED) is 0.791. The van der Waals surface area contributed by atoms with E-state index in [1.165, 1.54) is 38.5 Å². The molecule has 4 bridgehead atoms. The summed E-state index contributed by atoms with van der Waals surface area (Å²) < 4.78 is 5.76. The molecule has 0 N–H and O–H groups in total. The molecule has 0 radical (unpaired) electrons. The number of hydrogen-bond donors (Lipinski definition) is 0. The van der Waals surface area contributed by atoms with E-state index < -0.39 is 0 Å². The van der Waals surface area contributed by atoms with Crippen LogP contribution >= 0.6 is 11.6 Å². The number of nitrogens with zero attached hydrogens (tertiary/aromatic N) is 2. The zero-order valence-electron chi connectivity index (χ0n) is 11.3. The van der Waals surface area contributed by atoms with Gasteiger partial charge in [0.1, 0.15) is 0 Å². The summed E-state index contributed by atoms with van der Waals surface area (Å²) in [5, 5.41) is 8.34. The Kier molecular flexibility index (Phi) is 2.87. The average molecular weight is 281 g/mol. The van der Waals surface area contributed by atoms with Crippen molar-refractivity contribution in [3.63, 3.8) is 0 Å². The Hall–Kier alpha value is -0.570. The van der Waals surface area contributed by atoms with E-state index in [-0.39, 0.29) is 0 Å². The average Bonchev–Trinajstić information content (AvgIpc) is 2.74. The Labute approximate surface area is 119 Å². The highest BCUT2D eigenvalue weighted by molar-refractivity contribution is 6.17. The Bertz CT molecular complexity index is 435. The van der Waals surface area contributed by atoms with Crippen LogP contribution in [0.4, 0.5) is 0 Å². The van der Waals surface area contributed by atoms with Crippen LogP contribution in [0.2, 0.25) is 0 Å². The van der Waals surface area contributed by atoms with Gasteiger partial charge in [0.2, 0.25) is 11.8 Å². The molecule has 4 aliphatic carbocycles. The number of aromatic nitrogens is 2. The predicted molar refractivity (Wildman–Crippen MR) is 73.0 cm³/mol. The van der Waals surface area contributed by atoms with Gasteiger partial charge in [-0.25, -0.2) is 0 Å². The number of aryl methyl sites for hydroxylation is 1. The molecule has 0 atom stereocenters. The van der Waals surface area contributed by atoms with E-state index >= 15 is 0 Å². The fraction of sp³-hybridized carbons (Fsp3) is 0.867. The van der Waals surface area contributed by atoms with E-state index in [2.05, 4.69) is 10.2 Å². The maximum absolute atomic E-state index is 5.76. The van der Waals surface area contributed by atoms with Crippen LogP contribution in [0.1, 0.15) is 50.3 Å². The van der Waals surface area contributed by atoms with Crippen molar-refractivity contribution >= 4 is 11.6 Å². The van der Waals surface area contributed by atoms with Crippen molar-refractivity contribution in [3.8, 4) is 0 Å². The van der Waals surface area contributed by atoms with Gasteiger partial charge in [0.15, 0.2) is 0 Å². The van der Waals surface area contributed by atoms with Crippen molar-refractivity contribution in [2.75, 3.05) is 5.88 Å². The fourth-order valence-electron chi connectivity index (χ4n) is 5.37. The summed E-state index contributed by atoms with van der Waals surface area (Å²) in [6.45, 7) is 0. The molecular weight excluding hydrogens is 260 g/mol. The third-order valence-corrected chi connectivity index (χ3v) is 5.70. The number of rotatable bonds is 4. The van der Waals surface area contributed by atoms with Crippen LogP contribution in [0.15, 0.2) is 4.42 Å². The monoisotopic (exact) mass is 280 g/mol. The van der Waals surface area contributed by atoms with Crippen LogP contribution in [-0.2, 0) is 12.8 Å². The van der Waals surface area contributed by atoms with Gasteiger partial charge in [-0.2, -0.15) is 0 Å². The summed E-state index contributed by atoms with van der Waals surface area (Å²) in [5.74, 6) is 5.06. The Morgan fingerprint density at radius 2 is 1.58 bits per heavy atom. The molecule has 1 heterocycles. The zero-order chi connectivity index (χ0) is 12.9. The van der Waals surface area contributed by atoms with Crippen LogP contribution in [0, 0.1) is 23.2 Å². The summed E-state index contributed by atoms with van der Waals surface area (Å²) in [7, 11) is 0. The molecule has 0 aliphatic heterocycles. The molecule has 0 unspecified atom stereocenters. The Balaban J connectivity index is 1.52. The molecule has 0 spiro atoms. The summed E-state index contributed by atoms with van der Waals surface area (Å²) in [6.07, 6.45) is 10.3. The van der Waals surface area contributed by atoms with Crippen LogP contribution in [0.25, 0.3) is 0 Å². The maximum Gasteiger partial charge on any atom is 0.217 e. The lowest BCUT2D eigenvalue weighted by atomic mass is 9.49. The molecule has 19 heavy (non-hydrogen) atoms. The number of halogens is 1. The van der Waals surface area contributed by atoms with Gasteiger partial charge in [-0.3, -0.25) is 0 Å². The topological polar surface area (TPSA) is 38.9 Å². The van der Waals surface area contributed by atoms with Gasteiger partial charge in [0, 0.05) is 18.7 Å². The summed E-state index contributed by atoms with van der Waals surface area (Å²) in [6, 6.07) is 0. The van der Waals surface area contributed by atoms with Gasteiger partial charge in [-0.05, 0) is 61.7 Å². The predicted octanol–water partition coefficient (Wildman–Crippen LogP) is 3.61. The molecule has 4 heteroatoms. The zero-order valence-corrected chi connectivity index (χ0v) is 12.0. The van der Waals surface area contributed by atoms with Gasteiger partial charge in [0.25, 0.3) is 0 Å². The van der Waals surface area contributed by atoms with Crippen molar-refractivity contribution in [1.82, 2.24) is 10.2 Å². The van der Waals surface area contributed by atoms with Crippen molar-refractivity contribution in [2.45, 2.75) is 51.4 Å². The van der Waals surface area contributed by atoms with Gasteiger partial charge < -0.3 is 4.42 Å². The number of hydrogen-bond acceptors (Lipinski definition) is 3. The second kappa shape index (κ2) is 4.47. The molecule has 1 aromatic rings. The van der Waals surface area contributed by atoms with Gasteiger partial charge in [-0.1, -0.05) is 0 Å². The minimum absolute atomic E-state index is 0.486. The molecule has 4 saturated carbocycles. The first-order chi connectivity index (χ1) is 9.25. The molecular formula is C15H21ClN2O. The number of alkyl halides is 1. The largest absolute Gasteiger partial charge is 0.425 e. The maximum atomic E-state index is 5.76. The molecule has 0 amide bonds. The van der Waals surface area contributed by atoms with E-state index in [1.807, 2.05) is 0 Å². The van der Waals surface area contributed by atoms with Gasteiger partial charge in [-0.15, -0.1) is 21.8 Å². The first kappa shape index (κ1) is 12.2. The van der Waals surface area contributed by atoms with Crippen molar-refractivity contribution < 1.29 is 4.42 Å². The van der Waals surface area contributed by atoms with E-state index in [1.54, 1.807) is 0 Å². The summed E-state index contributed by atoms with van der Waals surface area (Å²) in [4.78, 5) is 0. The molecule has 5 rings (SSSR count). The molecule has 1 aromatic heterocycles. The smallest absolute Gasteiger partial charge is 0.217 e. The van der Waals surface area contributed by atoms with Crippen LogP contribution in [0.5, 0.6) is 0 Å². The van der Waals surface area contributed by atoms with E-state index in [0.717, 1.165) is 30.1 Å². The summed E-state index contributed by atoms with van der Waals surface area (Å²) in [5.41, 5.74) is 0.486. The van der Waals surface area contributed by atoms with Crippen molar-refractivity contribution in [2.24, 2.45) is 23.2 Å². The highest BCUT2D eigenvalue weighted by Gasteiger charge is 2.51. The second-order valence-corrected chi connectivity index (χ2v) is 7.50. The van der Waals surface area contributed by atoms with E-state index in [4.69, 9.17) is 16.0 Å². The van der Waals surface area contributed by atoms with Gasteiger partial charge in [0.05, 0.1) is 0 Å². The summed E-state index contributed by atoms with van der Waals surface area (Å²) >= 11 is 5.72. The lowest BCUT2D eigenvalue weighted by Gasteiger charge is -2.56. The molecule has 0 saturated heterocycles. The minimum Gasteiger partial charge on any atom is -0.425 e. The molecule has 0 aromatic carbocycles. The van der Waals surface area contributed by atoms with Crippen LogP contribution < -0.4 is 0 Å². The molecule has 3 nitrogen and oxygen atoms in total. The third kappa shape index (κ3) is 2.20. The lowest BCUT2D eigenvalue weighted by Crippen LogP contribution is -2.47.